The summed E-state index contributed by atoms with van der Waals surface area (Å²) in [4.78, 5) is 11.8. The van der Waals surface area contributed by atoms with Crippen LogP contribution in [0.2, 0.25) is 0 Å². The lowest BCUT2D eigenvalue weighted by Crippen LogP contribution is -2.40. The van der Waals surface area contributed by atoms with Gasteiger partial charge >= 0.3 is 6.18 Å². The molecule has 0 saturated heterocycles. The zero-order valence-corrected chi connectivity index (χ0v) is 12.7. The number of carbonyl (C=O) groups is 1. The molecule has 0 aromatic heterocycles. The van der Waals surface area contributed by atoms with Gasteiger partial charge in [-0.25, -0.2) is 0 Å². The molecular weight excluding hydrogens is 281 g/mol. The van der Waals surface area contributed by atoms with Crippen molar-refractivity contribution in [1.29, 1.82) is 0 Å². The first-order valence-electron chi connectivity index (χ1n) is 7.93. The molecule has 21 heavy (non-hydrogen) atoms. The molecule has 1 saturated carbocycles. The number of rotatable bonds is 7. The van der Waals surface area contributed by atoms with Gasteiger partial charge < -0.3 is 11.1 Å². The van der Waals surface area contributed by atoms with E-state index in [0.29, 0.717) is 31.7 Å². The monoisotopic (exact) mass is 308 g/mol. The molecule has 1 fully saturated rings. The van der Waals surface area contributed by atoms with E-state index in [-0.39, 0.29) is 24.8 Å². The first-order valence-corrected chi connectivity index (χ1v) is 7.93. The Kier molecular flexibility index (Phi) is 7.49. The standard InChI is InChI=1S/C15H27F3N2O/c1-2-11(9-10-19)3-8-14(21)20-13-6-4-12(5-7-13)15(16,17)18/h11-13H,2-10,19H2,1H3,(H,20,21). The summed E-state index contributed by atoms with van der Waals surface area (Å²) in [6, 6.07) is -0.0920. The van der Waals surface area contributed by atoms with E-state index in [4.69, 9.17) is 5.73 Å². The number of amides is 1. The minimum absolute atomic E-state index is 0.0408. The second-order valence-corrected chi connectivity index (χ2v) is 6.05. The second-order valence-electron chi connectivity index (χ2n) is 6.05. The molecule has 1 aliphatic carbocycles. The maximum atomic E-state index is 12.6. The summed E-state index contributed by atoms with van der Waals surface area (Å²) in [6.45, 7) is 2.71. The highest BCUT2D eigenvalue weighted by atomic mass is 19.4. The number of nitrogens with two attached hydrogens (primary N) is 1. The molecule has 1 amide bonds. The molecule has 0 aliphatic heterocycles. The number of nitrogens with one attached hydrogen (secondary N) is 1. The minimum atomic E-state index is -4.09. The molecule has 6 heteroatoms. The Balaban J connectivity index is 2.24. The minimum Gasteiger partial charge on any atom is -0.353 e. The van der Waals surface area contributed by atoms with Gasteiger partial charge in [0.25, 0.3) is 0 Å². The van der Waals surface area contributed by atoms with Crippen molar-refractivity contribution in [2.45, 2.75) is 70.5 Å². The zero-order valence-electron chi connectivity index (χ0n) is 12.7. The number of hydrogen-bond donors (Lipinski definition) is 2. The van der Waals surface area contributed by atoms with E-state index in [1.807, 2.05) is 0 Å². The lowest BCUT2D eigenvalue weighted by molar-refractivity contribution is -0.182. The molecule has 0 heterocycles. The molecule has 0 radical (unpaired) electrons. The molecule has 1 rings (SSSR count). The van der Waals surface area contributed by atoms with Gasteiger partial charge in [0, 0.05) is 12.5 Å². The summed E-state index contributed by atoms with van der Waals surface area (Å²) in [5.41, 5.74) is 5.52. The fraction of sp³-hybridized carbons (Fsp3) is 0.933. The SMILES string of the molecule is CCC(CCN)CCC(=O)NC1CCC(C(F)(F)F)CC1. The van der Waals surface area contributed by atoms with Crippen molar-refractivity contribution in [1.82, 2.24) is 5.32 Å². The Morgan fingerprint density at radius 3 is 2.33 bits per heavy atom. The lowest BCUT2D eigenvalue weighted by atomic mass is 9.85. The second kappa shape index (κ2) is 8.61. The van der Waals surface area contributed by atoms with Gasteiger partial charge in [0.1, 0.15) is 0 Å². The van der Waals surface area contributed by atoms with Crippen molar-refractivity contribution in [2.75, 3.05) is 6.54 Å². The molecule has 1 aliphatic rings. The first-order chi connectivity index (χ1) is 9.86. The normalized spacial score (nSPS) is 24.6. The van der Waals surface area contributed by atoms with Gasteiger partial charge in [0.15, 0.2) is 0 Å². The van der Waals surface area contributed by atoms with Crippen molar-refractivity contribution < 1.29 is 18.0 Å². The number of halogens is 3. The van der Waals surface area contributed by atoms with Crippen molar-refractivity contribution in [3.63, 3.8) is 0 Å². The van der Waals surface area contributed by atoms with E-state index in [9.17, 15) is 18.0 Å². The van der Waals surface area contributed by atoms with Crippen LogP contribution in [0.15, 0.2) is 0 Å². The summed E-state index contributed by atoms with van der Waals surface area (Å²) in [5.74, 6) is -0.776. The lowest BCUT2D eigenvalue weighted by Gasteiger charge is -2.30. The molecular formula is C15H27F3N2O. The number of hydrogen-bond acceptors (Lipinski definition) is 2. The van der Waals surface area contributed by atoms with Gasteiger partial charge in [0.05, 0.1) is 5.92 Å². The van der Waals surface area contributed by atoms with E-state index >= 15 is 0 Å². The fourth-order valence-electron chi connectivity index (χ4n) is 2.99. The van der Waals surface area contributed by atoms with Crippen LogP contribution in [0.3, 0.4) is 0 Å². The third-order valence-electron chi connectivity index (χ3n) is 4.49. The van der Waals surface area contributed by atoms with Crippen LogP contribution in [-0.4, -0.2) is 24.7 Å². The van der Waals surface area contributed by atoms with Gasteiger partial charge in [0.2, 0.25) is 5.91 Å². The van der Waals surface area contributed by atoms with E-state index in [1.165, 1.54) is 0 Å². The molecule has 0 bridgehead atoms. The maximum Gasteiger partial charge on any atom is 0.391 e. The average molecular weight is 308 g/mol. The Labute approximate surface area is 124 Å². The highest BCUT2D eigenvalue weighted by Crippen LogP contribution is 2.37. The highest BCUT2D eigenvalue weighted by Gasteiger charge is 2.41. The van der Waals surface area contributed by atoms with Crippen LogP contribution >= 0.6 is 0 Å². The largest absolute Gasteiger partial charge is 0.391 e. The topological polar surface area (TPSA) is 55.1 Å². The Hall–Kier alpha value is -0.780. The van der Waals surface area contributed by atoms with Gasteiger partial charge in [-0.3, -0.25) is 4.79 Å². The van der Waals surface area contributed by atoms with Crippen LogP contribution in [-0.2, 0) is 4.79 Å². The molecule has 0 aromatic rings. The van der Waals surface area contributed by atoms with Crippen LogP contribution in [0.4, 0.5) is 13.2 Å². The smallest absolute Gasteiger partial charge is 0.353 e. The van der Waals surface area contributed by atoms with Crippen LogP contribution in [0.25, 0.3) is 0 Å². The Bertz CT molecular complexity index is 313. The van der Waals surface area contributed by atoms with Gasteiger partial charge in [-0.05, 0) is 51.0 Å². The zero-order chi connectivity index (χ0) is 15.9. The summed E-state index contributed by atoms with van der Waals surface area (Å²) in [7, 11) is 0. The first kappa shape index (κ1) is 18.3. The Morgan fingerprint density at radius 2 is 1.86 bits per heavy atom. The molecule has 124 valence electrons. The molecule has 3 nitrogen and oxygen atoms in total. The predicted molar refractivity (Wildman–Crippen MR) is 76.6 cm³/mol. The molecule has 3 N–H and O–H groups in total. The summed E-state index contributed by atoms with van der Waals surface area (Å²) < 4.78 is 37.7. The molecule has 0 spiro atoms. The van der Waals surface area contributed by atoms with Crippen LogP contribution in [0, 0.1) is 11.8 Å². The van der Waals surface area contributed by atoms with Gasteiger partial charge in [-0.1, -0.05) is 13.3 Å². The fourth-order valence-corrected chi connectivity index (χ4v) is 2.99. The third-order valence-corrected chi connectivity index (χ3v) is 4.49. The summed E-state index contributed by atoms with van der Waals surface area (Å²) >= 11 is 0. The molecule has 1 atom stereocenters. The van der Waals surface area contributed by atoms with E-state index in [1.54, 1.807) is 0 Å². The predicted octanol–water partition coefficient (Wildman–Crippen LogP) is 3.38. The number of carbonyl (C=O) groups excluding carboxylic acids is 1. The summed E-state index contributed by atoms with van der Waals surface area (Å²) in [5, 5.41) is 2.87. The van der Waals surface area contributed by atoms with Crippen molar-refractivity contribution >= 4 is 5.91 Å². The van der Waals surface area contributed by atoms with Crippen LogP contribution < -0.4 is 11.1 Å². The van der Waals surface area contributed by atoms with Crippen molar-refractivity contribution in [3.8, 4) is 0 Å². The van der Waals surface area contributed by atoms with Crippen LogP contribution in [0.5, 0.6) is 0 Å². The third kappa shape index (κ3) is 6.68. The summed E-state index contributed by atoms with van der Waals surface area (Å²) in [6.07, 6.45) is 0.173. The molecule has 1 unspecified atom stereocenters. The maximum absolute atomic E-state index is 12.6. The van der Waals surface area contributed by atoms with Crippen molar-refractivity contribution in [2.24, 2.45) is 17.6 Å². The van der Waals surface area contributed by atoms with Gasteiger partial charge in [-0.15, -0.1) is 0 Å². The van der Waals surface area contributed by atoms with Crippen LogP contribution in [0.1, 0.15) is 58.3 Å². The highest BCUT2D eigenvalue weighted by molar-refractivity contribution is 5.76. The molecule has 0 aromatic carbocycles. The quantitative estimate of drug-likeness (QED) is 0.757. The van der Waals surface area contributed by atoms with E-state index < -0.39 is 12.1 Å². The van der Waals surface area contributed by atoms with Crippen molar-refractivity contribution in [3.05, 3.63) is 0 Å². The Morgan fingerprint density at radius 1 is 1.24 bits per heavy atom. The van der Waals surface area contributed by atoms with E-state index in [2.05, 4.69) is 12.2 Å². The number of alkyl halides is 3. The van der Waals surface area contributed by atoms with Gasteiger partial charge in [-0.2, -0.15) is 13.2 Å². The van der Waals surface area contributed by atoms with E-state index in [0.717, 1.165) is 19.3 Å². The average Bonchev–Trinajstić information content (AvgIpc) is 2.43.